The van der Waals surface area contributed by atoms with Crippen molar-refractivity contribution in [2.75, 3.05) is 0 Å². The number of fused-ring (bicyclic) bond motifs is 2. The maximum absolute atomic E-state index is 6.16. The van der Waals surface area contributed by atoms with Crippen molar-refractivity contribution in [2.45, 2.75) is 38.9 Å². The van der Waals surface area contributed by atoms with Crippen LogP contribution in [0.15, 0.2) is 65.1 Å². The summed E-state index contributed by atoms with van der Waals surface area (Å²) >= 11 is 0. The SMILES string of the molecule is CC1(C)OB(c2ccc3nc(-c4cccc5ccccc45)oc3c2)OC1(C)C. The van der Waals surface area contributed by atoms with Crippen LogP contribution in [0, 0.1) is 0 Å². The predicted octanol–water partition coefficient (Wildman–Crippen LogP) is 4.95. The smallest absolute Gasteiger partial charge is 0.436 e. The molecular weight excluding hydrogens is 349 g/mol. The Bertz CT molecular complexity index is 1170. The Kier molecular flexibility index (Phi) is 3.70. The van der Waals surface area contributed by atoms with Gasteiger partial charge < -0.3 is 13.7 Å². The maximum atomic E-state index is 6.16. The van der Waals surface area contributed by atoms with E-state index in [9.17, 15) is 0 Å². The van der Waals surface area contributed by atoms with Crippen molar-refractivity contribution >= 4 is 34.5 Å². The highest BCUT2D eigenvalue weighted by molar-refractivity contribution is 6.62. The fraction of sp³-hybridized carbons (Fsp3) is 0.261. The molecule has 0 atom stereocenters. The van der Waals surface area contributed by atoms with E-state index < -0.39 is 7.12 Å². The first-order chi connectivity index (χ1) is 13.3. The number of oxazole rings is 1. The van der Waals surface area contributed by atoms with Crippen molar-refractivity contribution in [3.05, 3.63) is 60.7 Å². The molecule has 0 spiro atoms. The van der Waals surface area contributed by atoms with Crippen LogP contribution >= 0.6 is 0 Å². The van der Waals surface area contributed by atoms with Gasteiger partial charge in [-0.25, -0.2) is 4.98 Å². The molecule has 1 aliphatic heterocycles. The highest BCUT2D eigenvalue weighted by Crippen LogP contribution is 2.37. The second kappa shape index (κ2) is 5.93. The zero-order valence-electron chi connectivity index (χ0n) is 16.5. The van der Waals surface area contributed by atoms with Gasteiger partial charge in [-0.3, -0.25) is 0 Å². The topological polar surface area (TPSA) is 44.5 Å². The van der Waals surface area contributed by atoms with Gasteiger partial charge in [-0.2, -0.15) is 0 Å². The average Bonchev–Trinajstić information content (AvgIpc) is 3.18. The molecule has 28 heavy (non-hydrogen) atoms. The number of rotatable bonds is 2. The van der Waals surface area contributed by atoms with E-state index in [-0.39, 0.29) is 11.2 Å². The third-order valence-electron chi connectivity index (χ3n) is 5.96. The number of nitrogens with zero attached hydrogens (tertiary/aromatic N) is 1. The number of hydrogen-bond acceptors (Lipinski definition) is 4. The van der Waals surface area contributed by atoms with Crippen LogP contribution in [0.25, 0.3) is 33.3 Å². The van der Waals surface area contributed by atoms with E-state index in [4.69, 9.17) is 18.7 Å². The van der Waals surface area contributed by atoms with Gasteiger partial charge in [0.15, 0.2) is 5.58 Å². The van der Waals surface area contributed by atoms with E-state index in [1.54, 1.807) is 0 Å². The van der Waals surface area contributed by atoms with Gasteiger partial charge in [0.25, 0.3) is 0 Å². The molecule has 5 heteroatoms. The number of benzene rings is 3. The van der Waals surface area contributed by atoms with E-state index in [1.165, 1.54) is 5.39 Å². The molecule has 0 radical (unpaired) electrons. The molecule has 0 amide bonds. The van der Waals surface area contributed by atoms with Gasteiger partial charge >= 0.3 is 7.12 Å². The molecule has 1 aromatic heterocycles. The fourth-order valence-electron chi connectivity index (χ4n) is 3.59. The highest BCUT2D eigenvalue weighted by atomic mass is 16.7. The Hall–Kier alpha value is -2.63. The van der Waals surface area contributed by atoms with Crippen molar-refractivity contribution in [3.63, 3.8) is 0 Å². The van der Waals surface area contributed by atoms with E-state index in [0.29, 0.717) is 5.89 Å². The van der Waals surface area contributed by atoms with Crippen LogP contribution in [0.3, 0.4) is 0 Å². The van der Waals surface area contributed by atoms with Crippen LogP contribution in [0.5, 0.6) is 0 Å². The zero-order valence-corrected chi connectivity index (χ0v) is 16.5. The van der Waals surface area contributed by atoms with Crippen LogP contribution in [0.2, 0.25) is 0 Å². The van der Waals surface area contributed by atoms with Gasteiger partial charge in [-0.1, -0.05) is 42.5 Å². The number of aromatic nitrogens is 1. The third kappa shape index (κ3) is 2.66. The lowest BCUT2D eigenvalue weighted by Gasteiger charge is -2.32. The lowest BCUT2D eigenvalue weighted by Crippen LogP contribution is -2.41. The molecule has 4 nitrogen and oxygen atoms in total. The van der Waals surface area contributed by atoms with Crippen LogP contribution in [0.1, 0.15) is 27.7 Å². The van der Waals surface area contributed by atoms with E-state index >= 15 is 0 Å². The molecule has 1 saturated heterocycles. The van der Waals surface area contributed by atoms with Gasteiger partial charge in [-0.15, -0.1) is 0 Å². The molecule has 1 aliphatic rings. The normalized spacial score (nSPS) is 18.2. The zero-order chi connectivity index (χ0) is 19.5. The molecule has 3 aromatic carbocycles. The van der Waals surface area contributed by atoms with Crippen LogP contribution in [-0.4, -0.2) is 23.3 Å². The minimum Gasteiger partial charge on any atom is -0.436 e. The fourth-order valence-corrected chi connectivity index (χ4v) is 3.59. The van der Waals surface area contributed by atoms with Gasteiger partial charge in [-0.05, 0) is 62.1 Å². The third-order valence-corrected chi connectivity index (χ3v) is 5.96. The monoisotopic (exact) mass is 371 g/mol. The molecule has 1 fully saturated rings. The summed E-state index contributed by atoms with van der Waals surface area (Å²) in [4.78, 5) is 4.71. The Balaban J connectivity index is 1.56. The molecule has 0 unspecified atom stereocenters. The quantitative estimate of drug-likeness (QED) is 0.468. The van der Waals surface area contributed by atoms with Crippen LogP contribution < -0.4 is 5.46 Å². The first-order valence-electron chi connectivity index (χ1n) is 9.58. The van der Waals surface area contributed by atoms with E-state index in [1.807, 2.05) is 42.5 Å². The van der Waals surface area contributed by atoms with E-state index in [2.05, 4.69) is 45.9 Å². The molecule has 5 rings (SSSR count). The number of hydrogen-bond donors (Lipinski definition) is 0. The second-order valence-corrected chi connectivity index (χ2v) is 8.36. The Morgan fingerprint density at radius 1 is 0.821 bits per heavy atom. The molecule has 4 aromatic rings. The summed E-state index contributed by atoms with van der Waals surface area (Å²) in [5, 5.41) is 2.29. The van der Waals surface area contributed by atoms with E-state index in [0.717, 1.165) is 27.5 Å². The Labute approximate surface area is 164 Å². The summed E-state index contributed by atoms with van der Waals surface area (Å²) in [5.74, 6) is 0.623. The minimum absolute atomic E-state index is 0.373. The molecular formula is C23H22BNO3. The standard InChI is InChI=1S/C23H22BNO3/c1-22(2)23(3,4)28-24(27-22)16-12-13-19-20(14-16)26-21(25-19)18-11-7-9-15-8-5-6-10-17(15)18/h5-14H,1-4H3. The van der Waals surface area contributed by atoms with Gasteiger partial charge in [0.1, 0.15) is 5.52 Å². The Morgan fingerprint density at radius 3 is 2.32 bits per heavy atom. The molecule has 0 bridgehead atoms. The van der Waals surface area contributed by atoms with Gasteiger partial charge in [0, 0.05) is 5.56 Å². The molecule has 0 saturated carbocycles. The minimum atomic E-state index is -0.416. The summed E-state index contributed by atoms with van der Waals surface area (Å²) < 4.78 is 18.5. The molecule has 140 valence electrons. The molecule has 2 heterocycles. The van der Waals surface area contributed by atoms with Gasteiger partial charge in [0.2, 0.25) is 5.89 Å². The van der Waals surface area contributed by atoms with Crippen molar-refractivity contribution in [1.29, 1.82) is 0 Å². The lowest BCUT2D eigenvalue weighted by molar-refractivity contribution is 0.00578. The lowest BCUT2D eigenvalue weighted by atomic mass is 9.79. The summed E-state index contributed by atoms with van der Waals surface area (Å²) in [6.45, 7) is 8.22. The van der Waals surface area contributed by atoms with Crippen molar-refractivity contribution in [1.82, 2.24) is 4.98 Å². The first-order valence-corrected chi connectivity index (χ1v) is 9.58. The average molecular weight is 371 g/mol. The Morgan fingerprint density at radius 2 is 1.54 bits per heavy atom. The van der Waals surface area contributed by atoms with Gasteiger partial charge in [0.05, 0.1) is 11.2 Å². The molecule has 0 N–H and O–H groups in total. The summed E-state index contributed by atoms with van der Waals surface area (Å²) in [7, 11) is -0.416. The van der Waals surface area contributed by atoms with Crippen molar-refractivity contribution < 1.29 is 13.7 Å². The second-order valence-electron chi connectivity index (χ2n) is 8.36. The maximum Gasteiger partial charge on any atom is 0.494 e. The largest absolute Gasteiger partial charge is 0.494 e. The van der Waals surface area contributed by atoms with Crippen molar-refractivity contribution in [3.8, 4) is 11.5 Å². The van der Waals surface area contributed by atoms with Crippen molar-refractivity contribution in [2.24, 2.45) is 0 Å². The first kappa shape index (κ1) is 17.5. The predicted molar refractivity (Wildman–Crippen MR) is 113 cm³/mol. The van der Waals surface area contributed by atoms with Crippen LogP contribution in [0.4, 0.5) is 0 Å². The summed E-state index contributed by atoms with van der Waals surface area (Å²) in [5.41, 5.74) is 2.74. The highest BCUT2D eigenvalue weighted by Gasteiger charge is 2.51. The summed E-state index contributed by atoms with van der Waals surface area (Å²) in [6, 6.07) is 20.4. The van der Waals surface area contributed by atoms with Crippen LogP contribution in [-0.2, 0) is 9.31 Å². The molecule has 0 aliphatic carbocycles. The summed E-state index contributed by atoms with van der Waals surface area (Å²) in [6.07, 6.45) is 0.